The van der Waals surface area contributed by atoms with Crippen LogP contribution in [0.25, 0.3) is 0 Å². The Hall–Kier alpha value is -1.43. The lowest BCUT2D eigenvalue weighted by molar-refractivity contribution is -0.138. The minimum Gasteiger partial charge on any atom is -0.339 e. The number of thiophene rings is 1. The second-order valence-corrected chi connectivity index (χ2v) is 8.20. The van der Waals surface area contributed by atoms with E-state index < -0.39 is 5.82 Å². The first kappa shape index (κ1) is 17.0. The summed E-state index contributed by atoms with van der Waals surface area (Å²) in [6.07, 6.45) is 2.10. The maximum Gasteiger partial charge on any atom is 0.223 e. The fourth-order valence-corrected chi connectivity index (χ4v) is 4.58. The quantitative estimate of drug-likeness (QED) is 0.809. The van der Waals surface area contributed by atoms with Gasteiger partial charge in [0.2, 0.25) is 5.91 Å². The summed E-state index contributed by atoms with van der Waals surface area (Å²) in [7, 11) is 0. The molecule has 0 radical (unpaired) electrons. The van der Waals surface area contributed by atoms with Crippen molar-refractivity contribution < 1.29 is 9.18 Å². The van der Waals surface area contributed by atoms with Crippen LogP contribution < -0.4 is 0 Å². The molecule has 0 spiro atoms. The van der Waals surface area contributed by atoms with E-state index in [0.29, 0.717) is 18.9 Å². The molecule has 1 aromatic carbocycles. The molecule has 3 heterocycles. The van der Waals surface area contributed by atoms with Crippen LogP contribution >= 0.6 is 22.9 Å². The zero-order valence-corrected chi connectivity index (χ0v) is 15.5. The molecule has 3 nitrogen and oxygen atoms in total. The van der Waals surface area contributed by atoms with Crippen LogP contribution in [0.4, 0.5) is 4.39 Å². The number of benzene rings is 1. The molecule has 1 saturated heterocycles. The zero-order chi connectivity index (χ0) is 17.4. The SMILES string of the molecule is O=C(CCc1ccc(Cl)c(F)c1)N1CC(N2CCc3sccc3C2)C1. The first-order valence-corrected chi connectivity index (χ1v) is 9.87. The van der Waals surface area contributed by atoms with Gasteiger partial charge in [0.05, 0.1) is 5.02 Å². The Bertz CT molecular complexity index is 787. The molecule has 6 heteroatoms. The number of halogens is 2. The summed E-state index contributed by atoms with van der Waals surface area (Å²) in [5, 5.41) is 2.29. The number of amides is 1. The molecule has 4 rings (SSSR count). The van der Waals surface area contributed by atoms with E-state index in [1.165, 1.54) is 16.5 Å². The monoisotopic (exact) mass is 378 g/mol. The predicted octanol–water partition coefficient (Wildman–Crippen LogP) is 3.74. The molecular formula is C19H20ClFN2OS. The Kier molecular flexibility index (Phi) is 4.80. The van der Waals surface area contributed by atoms with E-state index in [0.717, 1.165) is 38.2 Å². The fourth-order valence-electron chi connectivity index (χ4n) is 3.58. The van der Waals surface area contributed by atoms with Gasteiger partial charge < -0.3 is 4.90 Å². The smallest absolute Gasteiger partial charge is 0.223 e. The molecule has 1 aromatic heterocycles. The Morgan fingerprint density at radius 1 is 1.32 bits per heavy atom. The fraction of sp³-hybridized carbons (Fsp3) is 0.421. The number of carbonyl (C=O) groups is 1. The Labute approximate surface area is 156 Å². The lowest BCUT2D eigenvalue weighted by Gasteiger charge is -2.46. The molecule has 0 N–H and O–H groups in total. The second-order valence-electron chi connectivity index (χ2n) is 6.79. The second kappa shape index (κ2) is 7.06. The normalized spacial score (nSPS) is 18.1. The van der Waals surface area contributed by atoms with Crippen molar-refractivity contribution in [2.75, 3.05) is 19.6 Å². The van der Waals surface area contributed by atoms with E-state index in [1.807, 2.05) is 16.2 Å². The predicted molar refractivity (Wildman–Crippen MR) is 98.5 cm³/mol. The van der Waals surface area contributed by atoms with Crippen molar-refractivity contribution in [3.63, 3.8) is 0 Å². The van der Waals surface area contributed by atoms with Crippen molar-refractivity contribution in [2.24, 2.45) is 0 Å². The van der Waals surface area contributed by atoms with Gasteiger partial charge >= 0.3 is 0 Å². The number of nitrogens with zero attached hydrogens (tertiary/aromatic N) is 2. The van der Waals surface area contributed by atoms with Crippen molar-refractivity contribution >= 4 is 28.8 Å². The van der Waals surface area contributed by atoms with E-state index >= 15 is 0 Å². The Balaban J connectivity index is 1.25. The molecule has 0 unspecified atom stereocenters. The number of likely N-dealkylation sites (tertiary alicyclic amines) is 1. The third-order valence-electron chi connectivity index (χ3n) is 5.18. The van der Waals surface area contributed by atoms with E-state index in [2.05, 4.69) is 16.3 Å². The summed E-state index contributed by atoms with van der Waals surface area (Å²) in [5.74, 6) is -0.270. The van der Waals surface area contributed by atoms with Gasteiger partial charge in [0.25, 0.3) is 0 Å². The molecule has 0 atom stereocenters. The molecule has 1 fully saturated rings. The lowest BCUT2D eigenvalue weighted by atomic mass is 10.0. The van der Waals surface area contributed by atoms with E-state index in [1.54, 1.807) is 12.1 Å². The van der Waals surface area contributed by atoms with Gasteiger partial charge in [-0.3, -0.25) is 9.69 Å². The average Bonchev–Trinajstić information content (AvgIpc) is 3.02. The number of rotatable bonds is 4. The van der Waals surface area contributed by atoms with E-state index in [4.69, 9.17) is 11.6 Å². The largest absolute Gasteiger partial charge is 0.339 e. The van der Waals surface area contributed by atoms with Crippen LogP contribution in [0.5, 0.6) is 0 Å². The van der Waals surface area contributed by atoms with E-state index in [9.17, 15) is 9.18 Å². The highest BCUT2D eigenvalue weighted by molar-refractivity contribution is 7.10. The number of hydrogen-bond donors (Lipinski definition) is 0. The summed E-state index contributed by atoms with van der Waals surface area (Å²) >= 11 is 7.54. The van der Waals surface area contributed by atoms with Crippen LogP contribution in [0.3, 0.4) is 0 Å². The summed E-state index contributed by atoms with van der Waals surface area (Å²) in [4.78, 5) is 18.2. The number of carbonyl (C=O) groups excluding carboxylic acids is 1. The highest BCUT2D eigenvalue weighted by Crippen LogP contribution is 2.28. The van der Waals surface area contributed by atoms with Crippen LogP contribution in [0, 0.1) is 5.82 Å². The standard InChI is InChI=1S/C19H20ClFN2OS/c20-16-3-1-13(9-17(16)21)2-4-19(24)23-11-15(12-23)22-7-5-18-14(10-22)6-8-25-18/h1,3,6,8-9,15H,2,4-5,7,10-12H2. The molecule has 0 aliphatic carbocycles. The third kappa shape index (κ3) is 3.59. The molecule has 132 valence electrons. The van der Waals surface area contributed by atoms with Gasteiger partial charge in [0.1, 0.15) is 5.82 Å². The number of fused-ring (bicyclic) bond motifs is 1. The molecule has 25 heavy (non-hydrogen) atoms. The third-order valence-corrected chi connectivity index (χ3v) is 6.51. The maximum atomic E-state index is 13.4. The van der Waals surface area contributed by atoms with Gasteiger partial charge in [-0.2, -0.15) is 0 Å². The topological polar surface area (TPSA) is 23.6 Å². The molecule has 2 aliphatic heterocycles. The van der Waals surface area contributed by atoms with Crippen molar-refractivity contribution in [3.05, 3.63) is 56.5 Å². The van der Waals surface area contributed by atoms with Crippen molar-refractivity contribution in [2.45, 2.75) is 31.8 Å². The van der Waals surface area contributed by atoms with Crippen molar-refractivity contribution in [1.29, 1.82) is 0 Å². The number of hydrogen-bond acceptors (Lipinski definition) is 3. The summed E-state index contributed by atoms with van der Waals surface area (Å²) in [6.45, 7) is 3.72. The molecule has 2 aliphatic rings. The molecule has 2 aromatic rings. The van der Waals surface area contributed by atoms with Gasteiger partial charge in [-0.1, -0.05) is 17.7 Å². The van der Waals surface area contributed by atoms with E-state index in [-0.39, 0.29) is 10.9 Å². The van der Waals surface area contributed by atoms with Crippen LogP contribution in [0.15, 0.2) is 29.6 Å². The van der Waals surface area contributed by atoms with Gasteiger partial charge in [0, 0.05) is 43.5 Å². The van der Waals surface area contributed by atoms with Crippen molar-refractivity contribution in [3.8, 4) is 0 Å². The Morgan fingerprint density at radius 2 is 2.16 bits per heavy atom. The Morgan fingerprint density at radius 3 is 2.96 bits per heavy atom. The van der Waals surface area contributed by atoms with Crippen LogP contribution in [0.1, 0.15) is 22.4 Å². The minimum atomic E-state index is -0.423. The molecular weight excluding hydrogens is 359 g/mol. The summed E-state index contributed by atoms with van der Waals surface area (Å²) in [5.41, 5.74) is 2.26. The zero-order valence-electron chi connectivity index (χ0n) is 13.9. The van der Waals surface area contributed by atoms with Gasteiger partial charge in [-0.15, -0.1) is 11.3 Å². The van der Waals surface area contributed by atoms with Gasteiger partial charge in [-0.05, 0) is 47.5 Å². The van der Waals surface area contributed by atoms with Crippen molar-refractivity contribution in [1.82, 2.24) is 9.80 Å². The molecule has 0 saturated carbocycles. The highest BCUT2D eigenvalue weighted by atomic mass is 35.5. The highest BCUT2D eigenvalue weighted by Gasteiger charge is 2.35. The van der Waals surface area contributed by atoms with Gasteiger partial charge in [0.15, 0.2) is 0 Å². The van der Waals surface area contributed by atoms with Crippen LogP contribution in [-0.2, 0) is 24.2 Å². The first-order valence-electron chi connectivity index (χ1n) is 8.61. The average molecular weight is 379 g/mol. The lowest BCUT2D eigenvalue weighted by Crippen LogP contribution is -2.61. The molecule has 1 amide bonds. The minimum absolute atomic E-state index is 0.121. The molecule has 0 bridgehead atoms. The summed E-state index contributed by atoms with van der Waals surface area (Å²) in [6, 6.07) is 7.44. The van der Waals surface area contributed by atoms with Crippen LogP contribution in [-0.4, -0.2) is 41.4 Å². The maximum absolute atomic E-state index is 13.4. The van der Waals surface area contributed by atoms with Crippen LogP contribution in [0.2, 0.25) is 5.02 Å². The number of aryl methyl sites for hydroxylation is 1. The first-order chi connectivity index (χ1) is 12.1. The summed E-state index contributed by atoms with van der Waals surface area (Å²) < 4.78 is 13.4. The van der Waals surface area contributed by atoms with Gasteiger partial charge in [-0.25, -0.2) is 4.39 Å².